The Morgan fingerprint density at radius 3 is 1.09 bits per heavy atom. The first-order chi connectivity index (χ1) is 37.5. The second-order valence-electron chi connectivity index (χ2n) is 26.9. The zero-order valence-electron chi connectivity index (χ0n) is 52.1. The van der Waals surface area contributed by atoms with Crippen LogP contribution >= 0.6 is 0 Å². The number of aryl methyl sites for hydroxylation is 2. The number of para-hydroxylation sites is 2. The van der Waals surface area contributed by atoms with Crippen LogP contribution < -0.4 is 20.4 Å². The molecule has 0 spiro atoms. The zero-order valence-corrected chi connectivity index (χ0v) is 52.1. The van der Waals surface area contributed by atoms with Crippen LogP contribution in [0.5, 0.6) is 11.5 Å². The van der Waals surface area contributed by atoms with Crippen molar-refractivity contribution in [2.75, 3.05) is 20.4 Å². The Balaban J connectivity index is 0.000000294. The number of aromatic hydroxyl groups is 2. The molecule has 0 radical (unpaired) electrons. The molecule has 6 aromatic carbocycles. The van der Waals surface area contributed by atoms with E-state index in [1.54, 1.807) is 0 Å². The number of amides is 2. The highest BCUT2D eigenvalue weighted by Crippen LogP contribution is 2.42. The van der Waals surface area contributed by atoms with E-state index in [1.165, 1.54) is 19.3 Å². The Bertz CT molecular complexity index is 2810. The Morgan fingerprint density at radius 2 is 0.775 bits per heavy atom. The van der Waals surface area contributed by atoms with Gasteiger partial charge in [0.2, 0.25) is 11.8 Å². The Labute approximate surface area is 483 Å². The van der Waals surface area contributed by atoms with Crippen LogP contribution in [-0.2, 0) is 44.1 Å². The Morgan fingerprint density at radius 1 is 0.450 bits per heavy atom. The van der Waals surface area contributed by atoms with E-state index in [4.69, 9.17) is 0 Å². The fraction of sp³-hybridized carbons (Fsp3) is 0.472. The van der Waals surface area contributed by atoms with Gasteiger partial charge >= 0.3 is 0 Å². The molecule has 2 unspecified atom stereocenters. The topological polar surface area (TPSA) is 105 Å². The van der Waals surface area contributed by atoms with Crippen LogP contribution in [-0.4, -0.2) is 34.1 Å². The van der Waals surface area contributed by atoms with Gasteiger partial charge in [-0.15, -0.1) is 0 Å². The molecule has 0 aliphatic carbocycles. The molecule has 2 amide bonds. The first kappa shape index (κ1) is 64.3. The summed E-state index contributed by atoms with van der Waals surface area (Å²) in [5.41, 5.74) is 11.1. The molecule has 6 rings (SSSR count). The molecule has 0 fully saturated rings. The molecule has 0 saturated heterocycles. The number of benzene rings is 6. The molecular weight excluding hydrogens is 985 g/mol. The maximum absolute atomic E-state index is 13.9. The minimum Gasteiger partial charge on any atom is -0.507 e. The van der Waals surface area contributed by atoms with Gasteiger partial charge in [0, 0.05) is 59.0 Å². The van der Waals surface area contributed by atoms with E-state index in [0.717, 1.165) is 86.8 Å². The molecule has 0 aliphatic rings. The largest absolute Gasteiger partial charge is 0.507 e. The molecule has 4 N–H and O–H groups in total. The summed E-state index contributed by atoms with van der Waals surface area (Å²) in [7, 11) is 0. The fourth-order valence-electron chi connectivity index (χ4n) is 10.6. The quantitative estimate of drug-likeness (QED) is 0.0535. The molecule has 2 atom stereocenters. The molecule has 0 saturated carbocycles. The predicted octanol–water partition coefficient (Wildman–Crippen LogP) is 19.2. The molecular formula is C72H100N4O4. The number of hydrogen-bond acceptors (Lipinski definition) is 6. The molecule has 0 heterocycles. The highest BCUT2D eigenvalue weighted by atomic mass is 16.3. The maximum atomic E-state index is 13.9. The van der Waals surface area contributed by atoms with Gasteiger partial charge in [-0.3, -0.25) is 9.59 Å². The second-order valence-corrected chi connectivity index (χ2v) is 26.9. The molecule has 80 heavy (non-hydrogen) atoms. The first-order valence-electron chi connectivity index (χ1n) is 29.7. The van der Waals surface area contributed by atoms with Crippen LogP contribution in [0.25, 0.3) is 0 Å². The van der Waals surface area contributed by atoms with Crippen LogP contribution in [0.15, 0.2) is 133 Å². The molecule has 0 aromatic heterocycles. The van der Waals surface area contributed by atoms with Crippen LogP contribution in [0, 0.1) is 5.92 Å². The van der Waals surface area contributed by atoms with Crippen molar-refractivity contribution in [1.82, 2.24) is 0 Å². The lowest BCUT2D eigenvalue weighted by molar-refractivity contribution is -0.119. The smallest absolute Gasteiger partial charge is 0.227 e. The lowest BCUT2D eigenvalue weighted by atomic mass is 9.78. The highest BCUT2D eigenvalue weighted by Gasteiger charge is 2.30. The number of rotatable bonds is 21. The molecule has 8 nitrogen and oxygen atoms in total. The van der Waals surface area contributed by atoms with E-state index >= 15 is 0 Å². The van der Waals surface area contributed by atoms with E-state index < -0.39 is 0 Å². The van der Waals surface area contributed by atoms with E-state index in [1.807, 2.05) is 94.7 Å². The predicted molar refractivity (Wildman–Crippen MR) is 342 cm³/mol. The van der Waals surface area contributed by atoms with E-state index in [2.05, 4.69) is 177 Å². The van der Waals surface area contributed by atoms with Gasteiger partial charge in [-0.2, -0.15) is 0 Å². The number of hydrogen-bond donors (Lipinski definition) is 4. The minimum absolute atomic E-state index is 0.0838. The molecule has 0 bridgehead atoms. The summed E-state index contributed by atoms with van der Waals surface area (Å²) in [5, 5.41) is 29.1. The number of phenolic OH excluding ortho intramolecular Hbond substituents is 2. The maximum Gasteiger partial charge on any atom is 0.227 e. The Kier molecular flexibility index (Phi) is 22.7. The Hall–Kier alpha value is -6.54. The summed E-state index contributed by atoms with van der Waals surface area (Å²) in [6, 6.07) is 45.1. The van der Waals surface area contributed by atoms with Crippen LogP contribution in [0.3, 0.4) is 0 Å². The molecule has 0 aliphatic heterocycles. The van der Waals surface area contributed by atoms with Gasteiger partial charge in [-0.05, 0) is 173 Å². The summed E-state index contributed by atoms with van der Waals surface area (Å²) in [5.74, 6) is 1.50. The van der Waals surface area contributed by atoms with Crippen molar-refractivity contribution < 1.29 is 19.8 Å². The van der Waals surface area contributed by atoms with Crippen molar-refractivity contribution in [1.29, 1.82) is 0 Å². The monoisotopic (exact) mass is 1080 g/mol. The second kappa shape index (κ2) is 28.2. The van der Waals surface area contributed by atoms with Crippen molar-refractivity contribution in [3.05, 3.63) is 167 Å². The van der Waals surface area contributed by atoms with Crippen LogP contribution in [0.4, 0.5) is 34.1 Å². The van der Waals surface area contributed by atoms with Crippen LogP contribution in [0.1, 0.15) is 202 Å². The van der Waals surface area contributed by atoms with Crippen molar-refractivity contribution in [3.63, 3.8) is 0 Å². The number of anilines is 6. The van der Waals surface area contributed by atoms with Crippen molar-refractivity contribution in [2.24, 2.45) is 5.92 Å². The average Bonchev–Trinajstić information content (AvgIpc) is 3.52. The van der Waals surface area contributed by atoms with Gasteiger partial charge in [-0.25, -0.2) is 0 Å². The normalized spacial score (nSPS) is 12.8. The SMILES string of the molecule is CC(C)CC(C)N(C(=O)CCc1cc(C(C)(C)C)c(O)c(C(C)(C)C)c1)c1ccc(Nc2ccccc2)cc1.CCCCCCC(C)N(C(=O)CCc1cc(C(C)(C)C)c(O)c(C(C)(C)C)c1)c1ccc(Nc2ccccc2)cc1. The first-order valence-corrected chi connectivity index (χ1v) is 29.7. The fourth-order valence-corrected chi connectivity index (χ4v) is 10.6. The molecule has 8 heteroatoms. The zero-order chi connectivity index (χ0) is 59.2. The van der Waals surface area contributed by atoms with Crippen molar-refractivity contribution in [2.45, 2.75) is 216 Å². The third-order valence-corrected chi connectivity index (χ3v) is 14.9. The van der Waals surface area contributed by atoms with Gasteiger partial charge in [0.15, 0.2) is 0 Å². The summed E-state index contributed by atoms with van der Waals surface area (Å²) in [6.45, 7) is 36.4. The van der Waals surface area contributed by atoms with E-state index in [-0.39, 0.29) is 45.6 Å². The third-order valence-electron chi connectivity index (χ3n) is 14.9. The van der Waals surface area contributed by atoms with E-state index in [0.29, 0.717) is 43.1 Å². The van der Waals surface area contributed by atoms with Crippen molar-refractivity contribution >= 4 is 45.9 Å². The number of phenols is 2. The standard InChI is InChI=1S/C37H52N2O2.C35H48N2O2/c1-9-10-11-13-16-27(2)39(31-22-20-30(21-23-31)38-29-17-14-12-15-18-29)34(40)24-19-28-25-32(36(3,4)5)35(41)33(26-28)37(6,7)8;1-24(2)21-25(3)37(29-18-16-28(17-19-29)36-27-13-11-10-12-14-27)32(38)20-15-26-22-30(34(4,5)6)33(39)31(23-26)35(7,8)9/h12,14-15,17-18,20-23,25-27,38,41H,9-11,13,16,19,24H2,1-8H3;10-14,16-19,22-25,36,39H,15,20-21H2,1-9H3. The third kappa shape index (κ3) is 18.8. The van der Waals surface area contributed by atoms with Gasteiger partial charge in [0.05, 0.1) is 0 Å². The number of nitrogens with zero attached hydrogens (tertiary/aromatic N) is 2. The van der Waals surface area contributed by atoms with Gasteiger partial charge in [-0.1, -0.05) is 190 Å². The van der Waals surface area contributed by atoms with E-state index in [9.17, 15) is 19.8 Å². The lowest BCUT2D eigenvalue weighted by Crippen LogP contribution is -2.39. The lowest BCUT2D eigenvalue weighted by Gasteiger charge is -2.31. The minimum atomic E-state index is -0.197. The van der Waals surface area contributed by atoms with Gasteiger partial charge in [0.25, 0.3) is 0 Å². The van der Waals surface area contributed by atoms with Gasteiger partial charge < -0.3 is 30.6 Å². The summed E-state index contributed by atoms with van der Waals surface area (Å²) >= 11 is 0. The summed E-state index contributed by atoms with van der Waals surface area (Å²) < 4.78 is 0. The number of carbonyl (C=O) groups excluding carboxylic acids is 2. The summed E-state index contributed by atoms with van der Waals surface area (Å²) in [6.07, 6.45) is 8.75. The number of nitrogens with one attached hydrogen (secondary N) is 2. The summed E-state index contributed by atoms with van der Waals surface area (Å²) in [4.78, 5) is 31.7. The van der Waals surface area contributed by atoms with Crippen LogP contribution in [0.2, 0.25) is 0 Å². The number of carbonyl (C=O) groups is 2. The van der Waals surface area contributed by atoms with Crippen molar-refractivity contribution in [3.8, 4) is 11.5 Å². The highest BCUT2D eigenvalue weighted by molar-refractivity contribution is 5.95. The molecule has 432 valence electrons. The van der Waals surface area contributed by atoms with Gasteiger partial charge in [0.1, 0.15) is 11.5 Å². The molecule has 6 aromatic rings. The average molecular weight is 1090 g/mol. The number of unbranched alkanes of at least 4 members (excludes halogenated alkanes) is 3.